The van der Waals surface area contributed by atoms with E-state index in [0.29, 0.717) is 66.2 Å². The van der Waals surface area contributed by atoms with Crippen molar-refractivity contribution in [3.05, 3.63) is 51.9 Å². The van der Waals surface area contributed by atoms with E-state index in [1.54, 1.807) is 6.92 Å². The Hall–Kier alpha value is -4.18. The number of aliphatic hydroxyl groups is 1. The Labute approximate surface area is 362 Å². The van der Waals surface area contributed by atoms with Crippen LogP contribution in [-0.2, 0) is 28.5 Å². The number of esters is 1. The maximum Gasteiger partial charge on any atom is 0.307 e. The molecule has 13 nitrogen and oxygen atoms in total. The molecule has 1 atom stereocenters. The van der Waals surface area contributed by atoms with Crippen LogP contribution in [-0.4, -0.2) is 88.1 Å². The zero-order chi connectivity index (χ0) is 43.6. The van der Waals surface area contributed by atoms with Crippen LogP contribution < -0.4 is 4.90 Å². The summed E-state index contributed by atoms with van der Waals surface area (Å²) in [6, 6.07) is 9.93. The molecule has 0 radical (unpaired) electrons. The van der Waals surface area contributed by atoms with Crippen LogP contribution in [0.25, 0.3) is 0 Å². The zero-order valence-corrected chi connectivity index (χ0v) is 37.2. The Balaban J connectivity index is 1.75. The van der Waals surface area contributed by atoms with Gasteiger partial charge < -0.3 is 34.1 Å². The molecule has 0 spiro atoms. The number of carboxylic acid groups (broad SMARTS) is 1. The van der Waals surface area contributed by atoms with Gasteiger partial charge in [0.15, 0.2) is 5.00 Å². The number of rotatable bonds is 36. The fourth-order valence-corrected chi connectivity index (χ4v) is 7.34. The summed E-state index contributed by atoms with van der Waals surface area (Å²) in [4.78, 5) is 26.8. The molecule has 0 aliphatic heterocycles. The first kappa shape index (κ1) is 52.0. The van der Waals surface area contributed by atoms with E-state index in [2.05, 4.69) is 34.2 Å². The average molecular weight is 852 g/mol. The molecule has 0 aliphatic carbocycles. The largest absolute Gasteiger partial charge is 0.481 e. The van der Waals surface area contributed by atoms with E-state index in [1.165, 1.54) is 77.0 Å². The lowest BCUT2D eigenvalue weighted by Crippen LogP contribution is -2.31. The van der Waals surface area contributed by atoms with Crippen molar-refractivity contribution < 1.29 is 38.7 Å². The SMILES string of the molecule is CCCCCCCCCCCCCCC/C=C/CC(CC(=O)OCCOCCN(CCOCCOCCO)c1ccc(/N=N/c2sc(C#N)c(C)c2C#N)c(C)c1)C(=O)O. The van der Waals surface area contributed by atoms with Gasteiger partial charge in [0.2, 0.25) is 0 Å². The molecule has 1 aromatic heterocycles. The third-order valence-electron chi connectivity index (χ3n) is 10.1. The number of aliphatic hydroxyl groups excluding tert-OH is 1. The number of allylic oxidation sites excluding steroid dienone is 2. The van der Waals surface area contributed by atoms with Gasteiger partial charge in [0.05, 0.1) is 69.8 Å². The molecule has 2 rings (SSSR count). The summed E-state index contributed by atoms with van der Waals surface area (Å²) >= 11 is 1.13. The molecular weight excluding hydrogens is 783 g/mol. The number of nitrogens with zero attached hydrogens (tertiary/aromatic N) is 5. The fraction of sp³-hybridized carbons (Fsp3) is 0.652. The van der Waals surface area contributed by atoms with Gasteiger partial charge in [-0.3, -0.25) is 9.59 Å². The summed E-state index contributed by atoms with van der Waals surface area (Å²) < 4.78 is 22.1. The highest BCUT2D eigenvalue weighted by Crippen LogP contribution is 2.36. The summed E-state index contributed by atoms with van der Waals surface area (Å²) in [7, 11) is 0. The van der Waals surface area contributed by atoms with Crippen molar-refractivity contribution in [3.8, 4) is 12.1 Å². The minimum Gasteiger partial charge on any atom is -0.481 e. The molecule has 2 aromatic rings. The molecule has 2 N–H and O–H groups in total. The number of benzene rings is 1. The van der Waals surface area contributed by atoms with Crippen molar-refractivity contribution in [1.82, 2.24) is 0 Å². The first-order chi connectivity index (χ1) is 29.2. The van der Waals surface area contributed by atoms with Gasteiger partial charge in [0.1, 0.15) is 23.6 Å². The van der Waals surface area contributed by atoms with E-state index in [9.17, 15) is 25.2 Å². The lowest BCUT2D eigenvalue weighted by molar-refractivity contribution is -0.152. The van der Waals surface area contributed by atoms with Crippen LogP contribution in [0.2, 0.25) is 0 Å². The Morgan fingerprint density at radius 2 is 1.40 bits per heavy atom. The highest BCUT2D eigenvalue weighted by Gasteiger charge is 2.21. The fourth-order valence-electron chi connectivity index (χ4n) is 6.47. The number of aryl methyl sites for hydroxylation is 1. The van der Waals surface area contributed by atoms with Crippen LogP contribution in [0.3, 0.4) is 0 Å². The quantitative estimate of drug-likeness (QED) is 0.0287. The van der Waals surface area contributed by atoms with Crippen LogP contribution >= 0.6 is 11.3 Å². The molecule has 14 heteroatoms. The van der Waals surface area contributed by atoms with Crippen LogP contribution in [0.5, 0.6) is 0 Å². The number of aliphatic carboxylic acids is 1. The molecule has 1 aromatic carbocycles. The second-order valence-corrected chi connectivity index (χ2v) is 15.9. The summed E-state index contributed by atoms with van der Waals surface area (Å²) in [5.41, 5.74) is 3.32. The number of unbranched alkanes of at least 4 members (excludes halogenated alkanes) is 13. The summed E-state index contributed by atoms with van der Waals surface area (Å²) in [5, 5.41) is 46.5. The second-order valence-electron chi connectivity index (χ2n) is 14.9. The minimum atomic E-state index is -1.01. The lowest BCUT2D eigenvalue weighted by atomic mass is 10.0. The maximum atomic E-state index is 12.5. The summed E-state index contributed by atoms with van der Waals surface area (Å²) in [5.74, 6) is -2.41. The highest BCUT2D eigenvalue weighted by atomic mass is 32.1. The standard InChI is InChI=1S/C46H69N5O8S/c1-4-5-6-7-8-9-10-11-12-13-14-15-16-17-18-19-20-39(46(54)55)34-44(53)59-32-31-57-27-24-51(23-26-56-29-30-58-28-25-52)40-21-22-42(37(2)33-40)49-50-45-41(35-47)38(3)43(36-48)60-45/h18-19,21-22,33,39,52H,4-17,20,23-32,34H2,1-3H3,(H,54,55)/b19-18+,50-49+. The van der Waals surface area contributed by atoms with E-state index in [4.69, 9.17) is 24.1 Å². The van der Waals surface area contributed by atoms with Crippen molar-refractivity contribution in [1.29, 1.82) is 10.5 Å². The minimum absolute atomic E-state index is 0.0168. The van der Waals surface area contributed by atoms with E-state index in [-0.39, 0.29) is 39.3 Å². The van der Waals surface area contributed by atoms with Gasteiger partial charge in [-0.05, 0) is 62.4 Å². The van der Waals surface area contributed by atoms with Crippen molar-refractivity contribution >= 4 is 39.7 Å². The molecule has 1 heterocycles. The van der Waals surface area contributed by atoms with Gasteiger partial charge >= 0.3 is 11.9 Å². The van der Waals surface area contributed by atoms with Crippen molar-refractivity contribution in [3.63, 3.8) is 0 Å². The molecule has 0 amide bonds. The Morgan fingerprint density at radius 3 is 1.97 bits per heavy atom. The molecular formula is C46H69N5O8S. The monoisotopic (exact) mass is 851 g/mol. The number of azo groups is 1. The number of hydrogen-bond acceptors (Lipinski definition) is 13. The maximum absolute atomic E-state index is 12.5. The number of carbonyl (C=O) groups is 2. The van der Waals surface area contributed by atoms with Gasteiger partial charge in [0.25, 0.3) is 0 Å². The molecule has 60 heavy (non-hydrogen) atoms. The first-order valence-corrected chi connectivity index (χ1v) is 22.7. The van der Waals surface area contributed by atoms with Crippen LogP contribution in [0.4, 0.5) is 16.4 Å². The van der Waals surface area contributed by atoms with E-state index >= 15 is 0 Å². The predicted octanol–water partition coefficient (Wildman–Crippen LogP) is 10.4. The van der Waals surface area contributed by atoms with Crippen LogP contribution in [0.15, 0.2) is 40.6 Å². The number of nitriles is 2. The summed E-state index contributed by atoms with van der Waals surface area (Å²) in [6.45, 7) is 8.82. The average Bonchev–Trinajstić information content (AvgIpc) is 3.56. The molecule has 0 fully saturated rings. The first-order valence-electron chi connectivity index (χ1n) is 21.8. The van der Waals surface area contributed by atoms with Crippen LogP contribution in [0.1, 0.15) is 131 Å². The Morgan fingerprint density at radius 1 is 0.800 bits per heavy atom. The van der Waals surface area contributed by atoms with E-state index in [1.807, 2.05) is 37.3 Å². The number of ether oxygens (including phenoxy) is 4. The molecule has 0 saturated heterocycles. The number of carboxylic acids is 1. The number of anilines is 1. The lowest BCUT2D eigenvalue weighted by Gasteiger charge is -2.25. The second kappa shape index (κ2) is 33.5. The Kier molecular flexibility index (Phi) is 29.0. The van der Waals surface area contributed by atoms with E-state index < -0.39 is 17.9 Å². The van der Waals surface area contributed by atoms with Gasteiger partial charge in [0, 0.05) is 18.8 Å². The number of thiophene rings is 1. The van der Waals surface area contributed by atoms with Crippen LogP contribution in [0, 0.1) is 42.4 Å². The normalized spacial score (nSPS) is 11.9. The molecule has 0 aliphatic rings. The van der Waals surface area contributed by atoms with Crippen molar-refractivity contribution in [2.24, 2.45) is 16.1 Å². The van der Waals surface area contributed by atoms with E-state index in [0.717, 1.165) is 35.4 Å². The van der Waals surface area contributed by atoms with Gasteiger partial charge in [-0.15, -0.1) is 21.6 Å². The third kappa shape index (κ3) is 22.4. The van der Waals surface area contributed by atoms with Gasteiger partial charge in [-0.2, -0.15) is 10.5 Å². The van der Waals surface area contributed by atoms with Crippen molar-refractivity contribution in [2.75, 3.05) is 70.8 Å². The van der Waals surface area contributed by atoms with Gasteiger partial charge in [-0.25, -0.2) is 0 Å². The topological polar surface area (TPSA) is 187 Å². The molecule has 1 unspecified atom stereocenters. The molecule has 0 saturated carbocycles. The Bertz CT molecular complexity index is 1650. The van der Waals surface area contributed by atoms with Crippen molar-refractivity contribution in [2.45, 2.75) is 124 Å². The molecule has 0 bridgehead atoms. The highest BCUT2D eigenvalue weighted by molar-refractivity contribution is 7.16. The zero-order valence-electron chi connectivity index (χ0n) is 36.3. The number of hydrogen-bond donors (Lipinski definition) is 2. The third-order valence-corrected chi connectivity index (χ3v) is 11.1. The predicted molar refractivity (Wildman–Crippen MR) is 236 cm³/mol. The summed E-state index contributed by atoms with van der Waals surface area (Å²) in [6.07, 6.45) is 21.9. The number of carbonyl (C=O) groups excluding carboxylic acids is 1. The molecule has 332 valence electrons. The smallest absolute Gasteiger partial charge is 0.307 e. The van der Waals surface area contributed by atoms with Gasteiger partial charge in [-0.1, -0.05) is 96.1 Å².